The Labute approximate surface area is 66.5 Å². The van der Waals surface area contributed by atoms with E-state index in [-0.39, 0.29) is 0 Å². The predicted octanol–water partition coefficient (Wildman–Crippen LogP) is 1.75. The van der Waals surface area contributed by atoms with Gasteiger partial charge in [-0.05, 0) is 13.3 Å². The molecule has 0 bridgehead atoms. The first-order chi connectivity index (χ1) is 5.27. The Balaban J connectivity index is 2.15. The van der Waals surface area contributed by atoms with Gasteiger partial charge in [0.15, 0.2) is 0 Å². The van der Waals surface area contributed by atoms with Crippen molar-refractivity contribution in [2.45, 2.75) is 18.9 Å². The standard InChI is InChI=1S/C10H11N/c1-8-6-9-4-2-3-5-10(9,7-9)11-8/h2-6,11H,7H2,1H3. The van der Waals surface area contributed by atoms with Gasteiger partial charge in [0.1, 0.15) is 0 Å². The van der Waals surface area contributed by atoms with Gasteiger partial charge in [-0.25, -0.2) is 0 Å². The van der Waals surface area contributed by atoms with Crippen LogP contribution >= 0.6 is 0 Å². The quantitative estimate of drug-likeness (QED) is 0.547. The minimum Gasteiger partial charge on any atom is -0.379 e. The Morgan fingerprint density at radius 1 is 1.36 bits per heavy atom. The lowest BCUT2D eigenvalue weighted by Crippen LogP contribution is -2.28. The molecule has 1 aliphatic heterocycles. The highest BCUT2D eigenvalue weighted by Gasteiger charge is 2.66. The van der Waals surface area contributed by atoms with E-state index in [1.54, 1.807) is 0 Å². The third-order valence-electron chi connectivity index (χ3n) is 3.06. The van der Waals surface area contributed by atoms with Crippen molar-refractivity contribution in [3.05, 3.63) is 36.1 Å². The van der Waals surface area contributed by atoms with Crippen LogP contribution < -0.4 is 5.32 Å². The number of hydrogen-bond acceptors (Lipinski definition) is 1. The number of rotatable bonds is 0. The SMILES string of the molecule is CC1=CC23C=CC=CC2(C3)N1. The Morgan fingerprint density at radius 2 is 2.18 bits per heavy atom. The van der Waals surface area contributed by atoms with Crippen LogP contribution in [0, 0.1) is 5.41 Å². The molecule has 56 valence electrons. The van der Waals surface area contributed by atoms with Crippen molar-refractivity contribution < 1.29 is 0 Å². The molecule has 2 aliphatic carbocycles. The van der Waals surface area contributed by atoms with Crippen molar-refractivity contribution in [1.29, 1.82) is 0 Å². The van der Waals surface area contributed by atoms with Gasteiger partial charge < -0.3 is 5.32 Å². The lowest BCUT2D eigenvalue weighted by Gasteiger charge is -2.14. The molecule has 0 aromatic heterocycles. The summed E-state index contributed by atoms with van der Waals surface area (Å²) in [5, 5.41) is 3.52. The van der Waals surface area contributed by atoms with Gasteiger partial charge >= 0.3 is 0 Å². The van der Waals surface area contributed by atoms with Crippen molar-refractivity contribution in [2.75, 3.05) is 0 Å². The Morgan fingerprint density at radius 3 is 3.00 bits per heavy atom. The van der Waals surface area contributed by atoms with Crippen molar-refractivity contribution in [2.24, 2.45) is 5.41 Å². The van der Waals surface area contributed by atoms with E-state index >= 15 is 0 Å². The summed E-state index contributed by atoms with van der Waals surface area (Å²) < 4.78 is 0. The maximum Gasteiger partial charge on any atom is 0.0695 e. The zero-order valence-corrected chi connectivity index (χ0v) is 6.59. The molecule has 0 amide bonds. The molecular formula is C10H11N. The fraction of sp³-hybridized carbons (Fsp3) is 0.400. The summed E-state index contributed by atoms with van der Waals surface area (Å²) in [7, 11) is 0. The molecule has 2 atom stereocenters. The first-order valence-corrected chi connectivity index (χ1v) is 4.11. The second kappa shape index (κ2) is 1.31. The zero-order chi connectivity index (χ0) is 7.53. The smallest absolute Gasteiger partial charge is 0.0695 e. The molecule has 1 nitrogen and oxygen atoms in total. The molecule has 0 aromatic rings. The molecule has 3 rings (SSSR count). The summed E-state index contributed by atoms with van der Waals surface area (Å²) in [6, 6.07) is 0. The maximum atomic E-state index is 3.52. The molecule has 1 N–H and O–H groups in total. The highest BCUT2D eigenvalue weighted by molar-refractivity contribution is 5.52. The Kier molecular flexibility index (Phi) is 0.674. The average Bonchev–Trinajstić information content (AvgIpc) is 2.47. The summed E-state index contributed by atoms with van der Waals surface area (Å²) in [5.74, 6) is 0. The third kappa shape index (κ3) is 0.462. The predicted molar refractivity (Wildman–Crippen MR) is 45.0 cm³/mol. The molecule has 1 fully saturated rings. The van der Waals surface area contributed by atoms with Crippen molar-refractivity contribution >= 4 is 0 Å². The van der Waals surface area contributed by atoms with Crippen LogP contribution in [0.3, 0.4) is 0 Å². The molecule has 3 aliphatic rings. The molecular weight excluding hydrogens is 134 g/mol. The van der Waals surface area contributed by atoms with Gasteiger partial charge in [0.25, 0.3) is 0 Å². The number of nitrogens with one attached hydrogen (secondary N) is 1. The summed E-state index contributed by atoms with van der Waals surface area (Å²) in [6.07, 6.45) is 12.5. The molecule has 0 spiro atoms. The van der Waals surface area contributed by atoms with Crippen molar-refractivity contribution in [1.82, 2.24) is 5.32 Å². The fourth-order valence-electron chi connectivity index (χ4n) is 2.49. The molecule has 2 unspecified atom stereocenters. The van der Waals surface area contributed by atoms with Crippen LogP contribution in [-0.2, 0) is 0 Å². The van der Waals surface area contributed by atoms with Crippen LogP contribution in [0.25, 0.3) is 0 Å². The number of hydrogen-bond donors (Lipinski definition) is 1. The van der Waals surface area contributed by atoms with E-state index in [9.17, 15) is 0 Å². The molecule has 1 heteroatoms. The van der Waals surface area contributed by atoms with Gasteiger partial charge in [-0.2, -0.15) is 0 Å². The lowest BCUT2D eigenvalue weighted by atomic mass is 9.97. The second-order valence-electron chi connectivity index (χ2n) is 3.86. The summed E-state index contributed by atoms with van der Waals surface area (Å²) >= 11 is 0. The van der Waals surface area contributed by atoms with Gasteiger partial charge in [-0.15, -0.1) is 0 Å². The highest BCUT2D eigenvalue weighted by atomic mass is 15.1. The molecule has 0 saturated heterocycles. The van der Waals surface area contributed by atoms with Gasteiger partial charge in [0.05, 0.1) is 5.54 Å². The topological polar surface area (TPSA) is 12.0 Å². The van der Waals surface area contributed by atoms with Gasteiger partial charge in [-0.3, -0.25) is 0 Å². The van der Waals surface area contributed by atoms with Crippen molar-refractivity contribution in [3.63, 3.8) is 0 Å². The average molecular weight is 145 g/mol. The van der Waals surface area contributed by atoms with E-state index < -0.39 is 0 Å². The Bertz CT molecular complexity index is 311. The van der Waals surface area contributed by atoms with Gasteiger partial charge in [0, 0.05) is 11.1 Å². The summed E-state index contributed by atoms with van der Waals surface area (Å²) in [5.41, 5.74) is 1.99. The van der Waals surface area contributed by atoms with E-state index in [0.717, 1.165) is 0 Å². The minimum absolute atomic E-state index is 0.297. The van der Waals surface area contributed by atoms with E-state index in [0.29, 0.717) is 11.0 Å². The van der Waals surface area contributed by atoms with E-state index in [1.807, 2.05) is 0 Å². The summed E-state index contributed by atoms with van der Waals surface area (Å²) in [4.78, 5) is 0. The van der Waals surface area contributed by atoms with Crippen LogP contribution in [0.5, 0.6) is 0 Å². The van der Waals surface area contributed by atoms with Crippen LogP contribution in [0.15, 0.2) is 36.1 Å². The van der Waals surface area contributed by atoms with Gasteiger partial charge in [0.2, 0.25) is 0 Å². The Hall–Kier alpha value is -0.980. The normalized spacial score (nSPS) is 49.4. The third-order valence-corrected chi connectivity index (χ3v) is 3.06. The summed E-state index contributed by atoms with van der Waals surface area (Å²) in [6.45, 7) is 2.14. The molecule has 1 saturated carbocycles. The fourth-order valence-corrected chi connectivity index (χ4v) is 2.49. The van der Waals surface area contributed by atoms with Crippen LogP contribution in [0.2, 0.25) is 0 Å². The lowest BCUT2D eigenvalue weighted by molar-refractivity contribution is 0.631. The molecule has 11 heavy (non-hydrogen) atoms. The minimum atomic E-state index is 0.297. The number of allylic oxidation sites excluding steroid dienone is 3. The van der Waals surface area contributed by atoms with Crippen LogP contribution in [0.1, 0.15) is 13.3 Å². The monoisotopic (exact) mass is 145 g/mol. The largest absolute Gasteiger partial charge is 0.379 e. The molecule has 0 aromatic carbocycles. The van der Waals surface area contributed by atoms with Crippen LogP contribution in [0.4, 0.5) is 0 Å². The first-order valence-electron chi connectivity index (χ1n) is 4.11. The zero-order valence-electron chi connectivity index (χ0n) is 6.59. The highest BCUT2D eigenvalue weighted by Crippen LogP contribution is 2.64. The van der Waals surface area contributed by atoms with Crippen LogP contribution in [-0.4, -0.2) is 5.54 Å². The maximum absolute atomic E-state index is 3.52. The molecule has 1 heterocycles. The second-order valence-corrected chi connectivity index (χ2v) is 3.86. The van der Waals surface area contributed by atoms with Gasteiger partial charge in [-0.1, -0.05) is 30.4 Å². The van der Waals surface area contributed by atoms with E-state index in [4.69, 9.17) is 0 Å². The molecule has 0 radical (unpaired) electrons. The van der Waals surface area contributed by atoms with E-state index in [1.165, 1.54) is 12.1 Å². The van der Waals surface area contributed by atoms with E-state index in [2.05, 4.69) is 42.6 Å². The first kappa shape index (κ1) is 5.64. The van der Waals surface area contributed by atoms with Crippen molar-refractivity contribution in [3.8, 4) is 0 Å².